The number of aliphatic hydroxyl groups excluding tert-OH is 1. The molecule has 3 heterocycles. The quantitative estimate of drug-likeness (QED) is 0.877. The van der Waals surface area contributed by atoms with Gasteiger partial charge >= 0.3 is 6.18 Å². The number of rotatable bonds is 4. The molecule has 2 fully saturated rings. The van der Waals surface area contributed by atoms with Crippen LogP contribution in [0.4, 0.5) is 19.0 Å². The molecule has 1 unspecified atom stereocenters. The molecule has 1 aromatic rings. The van der Waals surface area contributed by atoms with Gasteiger partial charge in [-0.25, -0.2) is 4.98 Å². The third-order valence-corrected chi connectivity index (χ3v) is 5.54. The first kappa shape index (κ1) is 19.4. The summed E-state index contributed by atoms with van der Waals surface area (Å²) in [6.45, 7) is 3.80. The first-order valence-electron chi connectivity index (χ1n) is 9.22. The van der Waals surface area contributed by atoms with E-state index in [2.05, 4.69) is 21.8 Å². The largest absolute Gasteiger partial charge is 0.419 e. The molecule has 2 aliphatic rings. The zero-order chi connectivity index (χ0) is 18.7. The van der Waals surface area contributed by atoms with Gasteiger partial charge in [-0.3, -0.25) is 4.90 Å². The first-order chi connectivity index (χ1) is 12.4. The Morgan fingerprint density at radius 3 is 2.58 bits per heavy atom. The number of piperazine rings is 1. The number of alkyl halides is 3. The molecule has 26 heavy (non-hydrogen) atoms. The minimum absolute atomic E-state index is 0.00553. The topological polar surface area (TPSA) is 42.8 Å². The van der Waals surface area contributed by atoms with Crippen LogP contribution in [-0.4, -0.2) is 78.4 Å². The molecule has 0 amide bonds. The molecule has 0 saturated carbocycles. The van der Waals surface area contributed by atoms with Gasteiger partial charge in [-0.15, -0.1) is 0 Å². The summed E-state index contributed by atoms with van der Waals surface area (Å²) in [6.07, 6.45) is -0.307. The summed E-state index contributed by atoms with van der Waals surface area (Å²) < 4.78 is 40.0. The Labute approximate surface area is 152 Å². The Kier molecular flexibility index (Phi) is 6.04. The maximum absolute atomic E-state index is 13.3. The van der Waals surface area contributed by atoms with Crippen LogP contribution in [0, 0.1) is 0 Å². The normalized spacial score (nSPS) is 24.2. The molecule has 0 bridgehead atoms. The van der Waals surface area contributed by atoms with Crippen LogP contribution in [0.15, 0.2) is 18.3 Å². The van der Waals surface area contributed by atoms with Crippen LogP contribution < -0.4 is 4.90 Å². The first-order valence-corrected chi connectivity index (χ1v) is 9.22. The fourth-order valence-electron chi connectivity index (χ4n) is 4.15. The molecule has 146 valence electrons. The highest BCUT2D eigenvalue weighted by molar-refractivity contribution is 5.49. The minimum atomic E-state index is -4.42. The van der Waals surface area contributed by atoms with Crippen molar-refractivity contribution in [1.82, 2.24) is 14.8 Å². The number of pyridine rings is 1. The molecule has 2 saturated heterocycles. The average Bonchev–Trinajstić information content (AvgIpc) is 2.62. The second-order valence-corrected chi connectivity index (χ2v) is 7.26. The van der Waals surface area contributed by atoms with Crippen molar-refractivity contribution in [2.45, 2.75) is 37.5 Å². The lowest BCUT2D eigenvalue weighted by Crippen LogP contribution is -2.59. The predicted octanol–water partition coefficient (Wildman–Crippen LogP) is 2.07. The number of hydrogen-bond acceptors (Lipinski definition) is 5. The van der Waals surface area contributed by atoms with Crippen molar-refractivity contribution < 1.29 is 18.3 Å². The van der Waals surface area contributed by atoms with Gasteiger partial charge in [-0.05, 0) is 51.5 Å². The second-order valence-electron chi connectivity index (χ2n) is 7.26. The van der Waals surface area contributed by atoms with E-state index in [1.165, 1.54) is 12.3 Å². The zero-order valence-electron chi connectivity index (χ0n) is 15.1. The van der Waals surface area contributed by atoms with E-state index >= 15 is 0 Å². The van der Waals surface area contributed by atoms with Gasteiger partial charge in [-0.2, -0.15) is 13.2 Å². The molecule has 3 rings (SSSR count). The van der Waals surface area contributed by atoms with Gasteiger partial charge < -0.3 is 14.9 Å². The summed E-state index contributed by atoms with van der Waals surface area (Å²) in [7, 11) is 2.11. The standard InChI is InChI=1S/C18H27F3N4O/c1-23-8-4-14(5-9-23)25-11-10-24(13-15(25)6-12-26)17-16(18(19,20)21)3-2-7-22-17/h2-3,7,14-15,26H,4-6,8-13H2,1H3. The minimum Gasteiger partial charge on any atom is -0.396 e. The molecule has 1 aromatic heterocycles. The van der Waals surface area contributed by atoms with Crippen LogP contribution in [0.2, 0.25) is 0 Å². The molecular weight excluding hydrogens is 345 g/mol. The van der Waals surface area contributed by atoms with E-state index in [0.717, 1.165) is 32.0 Å². The number of aromatic nitrogens is 1. The van der Waals surface area contributed by atoms with Crippen LogP contribution in [-0.2, 0) is 6.18 Å². The van der Waals surface area contributed by atoms with Crippen molar-refractivity contribution in [2.75, 3.05) is 51.3 Å². The number of nitrogens with zero attached hydrogens (tertiary/aromatic N) is 4. The maximum atomic E-state index is 13.3. The highest BCUT2D eigenvalue weighted by Gasteiger charge is 2.39. The van der Waals surface area contributed by atoms with E-state index < -0.39 is 11.7 Å². The number of hydrogen-bond donors (Lipinski definition) is 1. The highest BCUT2D eigenvalue weighted by atomic mass is 19.4. The highest BCUT2D eigenvalue weighted by Crippen LogP contribution is 2.36. The Bertz CT molecular complexity index is 590. The van der Waals surface area contributed by atoms with Gasteiger partial charge in [0.15, 0.2) is 0 Å². The molecule has 5 nitrogen and oxygen atoms in total. The Hall–Kier alpha value is -1.38. The third-order valence-electron chi connectivity index (χ3n) is 5.54. The van der Waals surface area contributed by atoms with Gasteiger partial charge in [-0.1, -0.05) is 0 Å². The van der Waals surface area contributed by atoms with Crippen LogP contribution >= 0.6 is 0 Å². The predicted molar refractivity (Wildman–Crippen MR) is 94.2 cm³/mol. The van der Waals surface area contributed by atoms with Gasteiger partial charge in [0.05, 0.1) is 5.56 Å². The van der Waals surface area contributed by atoms with Crippen LogP contribution in [0.25, 0.3) is 0 Å². The average molecular weight is 372 g/mol. The third kappa shape index (κ3) is 4.29. The molecule has 2 aliphatic heterocycles. The zero-order valence-corrected chi connectivity index (χ0v) is 15.1. The van der Waals surface area contributed by atoms with Crippen molar-refractivity contribution in [3.05, 3.63) is 23.9 Å². The number of piperidine rings is 1. The monoisotopic (exact) mass is 372 g/mol. The van der Waals surface area contributed by atoms with E-state index in [9.17, 15) is 18.3 Å². The smallest absolute Gasteiger partial charge is 0.396 e. The molecule has 0 radical (unpaired) electrons. The molecule has 0 aromatic carbocycles. The lowest BCUT2D eigenvalue weighted by Gasteiger charge is -2.47. The number of anilines is 1. The van der Waals surface area contributed by atoms with Crippen molar-refractivity contribution >= 4 is 5.82 Å². The SMILES string of the molecule is CN1CCC(N2CCN(c3ncccc3C(F)(F)F)CC2CCO)CC1. The van der Waals surface area contributed by atoms with Gasteiger partial charge in [0, 0.05) is 44.5 Å². The van der Waals surface area contributed by atoms with Crippen LogP contribution in [0.5, 0.6) is 0 Å². The van der Waals surface area contributed by atoms with Crippen molar-refractivity contribution in [3.8, 4) is 0 Å². The van der Waals surface area contributed by atoms with Gasteiger partial charge in [0.25, 0.3) is 0 Å². The summed E-state index contributed by atoms with van der Waals surface area (Å²) >= 11 is 0. The Morgan fingerprint density at radius 2 is 1.92 bits per heavy atom. The summed E-state index contributed by atoms with van der Waals surface area (Å²) in [5.74, 6) is 0.00553. The van der Waals surface area contributed by atoms with Crippen LogP contribution in [0.3, 0.4) is 0 Å². The van der Waals surface area contributed by atoms with E-state index in [1.54, 1.807) is 4.90 Å². The molecule has 1 atom stereocenters. The lowest BCUT2D eigenvalue weighted by atomic mass is 9.98. The van der Waals surface area contributed by atoms with Gasteiger partial charge in [0.2, 0.25) is 0 Å². The molecule has 8 heteroatoms. The fourth-order valence-corrected chi connectivity index (χ4v) is 4.15. The van der Waals surface area contributed by atoms with E-state index in [4.69, 9.17) is 0 Å². The van der Waals surface area contributed by atoms with E-state index in [-0.39, 0.29) is 18.5 Å². The van der Waals surface area contributed by atoms with E-state index in [0.29, 0.717) is 32.1 Å². The Morgan fingerprint density at radius 1 is 1.19 bits per heavy atom. The summed E-state index contributed by atoms with van der Waals surface area (Å²) in [5.41, 5.74) is -0.685. The second kappa shape index (κ2) is 8.10. The number of aliphatic hydroxyl groups is 1. The lowest BCUT2D eigenvalue weighted by molar-refractivity contribution is -0.137. The molecular formula is C18H27F3N4O. The maximum Gasteiger partial charge on any atom is 0.419 e. The Balaban J connectivity index is 1.76. The molecule has 1 N–H and O–H groups in total. The number of halogens is 3. The van der Waals surface area contributed by atoms with Crippen LogP contribution in [0.1, 0.15) is 24.8 Å². The summed E-state index contributed by atoms with van der Waals surface area (Å²) in [4.78, 5) is 10.5. The van der Waals surface area contributed by atoms with Crippen molar-refractivity contribution in [3.63, 3.8) is 0 Å². The molecule has 0 aliphatic carbocycles. The van der Waals surface area contributed by atoms with E-state index in [1.807, 2.05) is 0 Å². The summed E-state index contributed by atoms with van der Waals surface area (Å²) in [5, 5.41) is 9.47. The number of likely N-dealkylation sites (tertiary alicyclic amines) is 1. The molecule has 0 spiro atoms. The summed E-state index contributed by atoms with van der Waals surface area (Å²) in [6, 6.07) is 2.90. The van der Waals surface area contributed by atoms with Crippen molar-refractivity contribution in [1.29, 1.82) is 0 Å². The van der Waals surface area contributed by atoms with Gasteiger partial charge in [0.1, 0.15) is 5.82 Å². The van der Waals surface area contributed by atoms with Crippen molar-refractivity contribution in [2.24, 2.45) is 0 Å². The fraction of sp³-hybridized carbons (Fsp3) is 0.722.